The van der Waals surface area contributed by atoms with Gasteiger partial charge in [-0.25, -0.2) is 4.79 Å². The number of ether oxygens (including phenoxy) is 2. The van der Waals surface area contributed by atoms with Crippen molar-refractivity contribution < 1.29 is 28.8 Å². The van der Waals surface area contributed by atoms with Crippen molar-refractivity contribution in [2.45, 2.75) is 33.7 Å². The second-order valence-electron chi connectivity index (χ2n) is 6.47. The van der Waals surface area contributed by atoms with Gasteiger partial charge in [0.2, 0.25) is 5.78 Å². The van der Waals surface area contributed by atoms with E-state index in [9.17, 15) is 24.5 Å². The zero-order chi connectivity index (χ0) is 21.7. The molecule has 0 bridgehead atoms. The summed E-state index contributed by atoms with van der Waals surface area (Å²) in [7, 11) is 1.31. The molecule has 0 atom stereocenters. The number of nitro benzene ring substituents is 1. The second-order valence-corrected chi connectivity index (χ2v) is 6.47. The summed E-state index contributed by atoms with van der Waals surface area (Å²) in [6.07, 6.45) is 0.168. The Morgan fingerprint density at radius 1 is 1.14 bits per heavy atom. The summed E-state index contributed by atoms with van der Waals surface area (Å²) in [6.45, 7) is 4.86. The number of rotatable bonds is 8. The molecular weight excluding hydrogens is 380 g/mol. The molecule has 29 heavy (non-hydrogen) atoms. The summed E-state index contributed by atoms with van der Waals surface area (Å²) in [6, 6.07) is 5.76. The smallest absolute Gasteiger partial charge is 0.339 e. The standard InChI is InChI=1S/C20H22N2O7/c1-12-10-16(14(3)21(12)9-8-19(24)28-4)18(23)11-29-20(25)15-6-5-7-17(13(15)2)22(26)27/h5-7,10H,8-9,11H2,1-4H3. The van der Waals surface area contributed by atoms with Gasteiger partial charge < -0.3 is 14.0 Å². The van der Waals surface area contributed by atoms with E-state index < -0.39 is 23.3 Å². The third kappa shape index (κ3) is 4.87. The lowest BCUT2D eigenvalue weighted by molar-refractivity contribution is -0.385. The van der Waals surface area contributed by atoms with Crippen molar-refractivity contribution >= 4 is 23.4 Å². The molecule has 0 fully saturated rings. The van der Waals surface area contributed by atoms with Crippen molar-refractivity contribution in [3.05, 3.63) is 62.5 Å². The molecule has 0 aliphatic heterocycles. The molecule has 1 heterocycles. The number of carbonyl (C=O) groups is 3. The number of methoxy groups -OCH3 is 1. The van der Waals surface area contributed by atoms with Crippen LogP contribution in [0.2, 0.25) is 0 Å². The first-order valence-electron chi connectivity index (χ1n) is 8.85. The van der Waals surface area contributed by atoms with Gasteiger partial charge in [0.15, 0.2) is 6.61 Å². The summed E-state index contributed by atoms with van der Waals surface area (Å²) in [5.74, 6) is -1.57. The van der Waals surface area contributed by atoms with Gasteiger partial charge >= 0.3 is 11.9 Å². The third-order valence-corrected chi connectivity index (χ3v) is 4.70. The van der Waals surface area contributed by atoms with Gasteiger partial charge in [-0.3, -0.25) is 19.7 Å². The normalized spacial score (nSPS) is 10.5. The van der Waals surface area contributed by atoms with Crippen LogP contribution in [0.15, 0.2) is 24.3 Å². The van der Waals surface area contributed by atoms with Gasteiger partial charge in [0, 0.05) is 35.1 Å². The van der Waals surface area contributed by atoms with Crippen LogP contribution in [-0.4, -0.2) is 40.9 Å². The van der Waals surface area contributed by atoms with Crippen molar-refractivity contribution in [3.63, 3.8) is 0 Å². The third-order valence-electron chi connectivity index (χ3n) is 4.70. The van der Waals surface area contributed by atoms with Crippen LogP contribution in [0.5, 0.6) is 0 Å². The summed E-state index contributed by atoms with van der Waals surface area (Å²) in [5, 5.41) is 11.0. The number of nitro groups is 1. The predicted octanol–water partition coefficient (Wildman–Crippen LogP) is 2.92. The number of Topliss-reactive ketones (excluding diaryl/α,β-unsaturated/α-hetero) is 1. The minimum atomic E-state index is -0.806. The molecule has 0 unspecified atom stereocenters. The largest absolute Gasteiger partial charge is 0.469 e. The van der Waals surface area contributed by atoms with Crippen LogP contribution in [-0.2, 0) is 20.8 Å². The van der Waals surface area contributed by atoms with Crippen LogP contribution in [0.3, 0.4) is 0 Å². The lowest BCUT2D eigenvalue weighted by Gasteiger charge is -2.09. The maximum atomic E-state index is 12.5. The molecule has 154 valence electrons. The van der Waals surface area contributed by atoms with E-state index in [1.165, 1.54) is 32.2 Å². The zero-order valence-electron chi connectivity index (χ0n) is 16.7. The van der Waals surface area contributed by atoms with Gasteiger partial charge in [-0.15, -0.1) is 0 Å². The van der Waals surface area contributed by atoms with Gasteiger partial charge in [-0.1, -0.05) is 6.07 Å². The fourth-order valence-corrected chi connectivity index (χ4v) is 3.06. The molecule has 0 N–H and O–H groups in total. The zero-order valence-corrected chi connectivity index (χ0v) is 16.7. The molecule has 9 nitrogen and oxygen atoms in total. The highest BCUT2D eigenvalue weighted by atomic mass is 16.6. The molecule has 0 aliphatic rings. The van der Waals surface area contributed by atoms with Crippen molar-refractivity contribution in [1.29, 1.82) is 0 Å². The number of carbonyl (C=O) groups excluding carboxylic acids is 3. The number of hydrogen-bond acceptors (Lipinski definition) is 7. The van der Waals surface area contributed by atoms with Crippen LogP contribution < -0.4 is 0 Å². The lowest BCUT2D eigenvalue weighted by Crippen LogP contribution is -2.16. The number of nitrogens with zero attached hydrogens (tertiary/aromatic N) is 2. The topological polar surface area (TPSA) is 118 Å². The summed E-state index contributed by atoms with van der Waals surface area (Å²) in [5.41, 5.74) is 1.84. The quantitative estimate of drug-likeness (QED) is 0.288. The number of hydrogen-bond donors (Lipinski definition) is 0. The van der Waals surface area contributed by atoms with Crippen LogP contribution >= 0.6 is 0 Å². The van der Waals surface area contributed by atoms with E-state index in [1.807, 2.05) is 4.57 Å². The second kappa shape index (κ2) is 9.13. The Bertz CT molecular complexity index is 975. The lowest BCUT2D eigenvalue weighted by atomic mass is 10.1. The van der Waals surface area contributed by atoms with E-state index in [2.05, 4.69) is 4.74 Å². The molecule has 2 rings (SSSR count). The fraction of sp³-hybridized carbons (Fsp3) is 0.350. The Hall–Kier alpha value is -3.49. The maximum Gasteiger partial charge on any atom is 0.339 e. The number of aromatic nitrogens is 1. The molecule has 0 saturated heterocycles. The first-order valence-corrected chi connectivity index (χ1v) is 8.85. The Morgan fingerprint density at radius 2 is 1.83 bits per heavy atom. The molecule has 0 amide bonds. The molecular formula is C20H22N2O7. The Balaban J connectivity index is 2.10. The van der Waals surface area contributed by atoms with Crippen molar-refractivity contribution in [2.75, 3.05) is 13.7 Å². The molecule has 0 radical (unpaired) electrons. The maximum absolute atomic E-state index is 12.5. The van der Waals surface area contributed by atoms with Gasteiger partial charge in [0.25, 0.3) is 5.69 Å². The van der Waals surface area contributed by atoms with Crippen molar-refractivity contribution in [1.82, 2.24) is 4.57 Å². The first-order chi connectivity index (χ1) is 13.7. The summed E-state index contributed by atoms with van der Waals surface area (Å²) in [4.78, 5) is 46.6. The molecule has 0 aliphatic carbocycles. The minimum absolute atomic E-state index is 0.0375. The fourth-order valence-electron chi connectivity index (χ4n) is 3.06. The molecule has 0 saturated carbocycles. The molecule has 0 spiro atoms. The highest BCUT2D eigenvalue weighted by Crippen LogP contribution is 2.22. The number of benzene rings is 1. The molecule has 1 aromatic heterocycles. The highest BCUT2D eigenvalue weighted by Gasteiger charge is 2.21. The average Bonchev–Trinajstić information content (AvgIpc) is 2.97. The average molecular weight is 402 g/mol. The van der Waals surface area contributed by atoms with E-state index in [1.54, 1.807) is 19.9 Å². The number of esters is 2. The Labute approximate surface area is 167 Å². The van der Waals surface area contributed by atoms with E-state index in [4.69, 9.17) is 4.74 Å². The number of aryl methyl sites for hydroxylation is 1. The van der Waals surface area contributed by atoms with Crippen LogP contribution in [0, 0.1) is 30.9 Å². The van der Waals surface area contributed by atoms with Crippen LogP contribution in [0.4, 0.5) is 5.69 Å². The SMILES string of the molecule is COC(=O)CCn1c(C)cc(C(=O)COC(=O)c2cccc([N+](=O)[O-])c2C)c1C. The monoisotopic (exact) mass is 402 g/mol. The van der Waals surface area contributed by atoms with E-state index >= 15 is 0 Å². The van der Waals surface area contributed by atoms with Crippen molar-refractivity contribution in [3.8, 4) is 0 Å². The Kier molecular flexibility index (Phi) is 6.87. The predicted molar refractivity (Wildman–Crippen MR) is 103 cm³/mol. The molecule has 9 heteroatoms. The van der Waals surface area contributed by atoms with E-state index in [0.717, 1.165) is 5.69 Å². The Morgan fingerprint density at radius 3 is 2.45 bits per heavy atom. The molecule has 2 aromatic rings. The number of ketones is 1. The summed E-state index contributed by atoms with van der Waals surface area (Å²) >= 11 is 0. The van der Waals surface area contributed by atoms with Crippen molar-refractivity contribution in [2.24, 2.45) is 0 Å². The highest BCUT2D eigenvalue weighted by molar-refractivity contribution is 6.00. The first kappa shape index (κ1) is 21.8. The summed E-state index contributed by atoms with van der Waals surface area (Å²) < 4.78 is 11.5. The van der Waals surface area contributed by atoms with Gasteiger partial charge in [-0.2, -0.15) is 0 Å². The van der Waals surface area contributed by atoms with E-state index in [-0.39, 0.29) is 29.2 Å². The van der Waals surface area contributed by atoms with Gasteiger partial charge in [0.1, 0.15) is 0 Å². The van der Waals surface area contributed by atoms with Crippen LogP contribution in [0.25, 0.3) is 0 Å². The van der Waals surface area contributed by atoms with Gasteiger partial charge in [0.05, 0.1) is 24.0 Å². The van der Waals surface area contributed by atoms with Crippen LogP contribution in [0.1, 0.15) is 44.1 Å². The van der Waals surface area contributed by atoms with Gasteiger partial charge in [-0.05, 0) is 32.9 Å². The molecule has 1 aromatic carbocycles. The van der Waals surface area contributed by atoms with E-state index in [0.29, 0.717) is 17.8 Å². The minimum Gasteiger partial charge on any atom is -0.469 e.